The molecule has 0 bridgehead atoms. The topological polar surface area (TPSA) is 79.4 Å². The van der Waals surface area contributed by atoms with Gasteiger partial charge in [-0.1, -0.05) is 18.2 Å². The lowest BCUT2D eigenvalue weighted by Gasteiger charge is -2.00. The maximum atomic E-state index is 11.4. The van der Waals surface area contributed by atoms with Crippen molar-refractivity contribution in [2.45, 2.75) is 6.42 Å². The number of aliphatic carboxylic acids is 1. The lowest BCUT2D eigenvalue weighted by Crippen LogP contribution is -2.14. The van der Waals surface area contributed by atoms with Gasteiger partial charge in [0.25, 0.3) is 0 Å². The SMILES string of the molecule is O=C(O)COC(=O)Cc1c[nH]c2ccccc12. The molecule has 0 unspecified atom stereocenters. The van der Waals surface area contributed by atoms with E-state index < -0.39 is 18.5 Å². The second kappa shape index (κ2) is 4.69. The summed E-state index contributed by atoms with van der Waals surface area (Å²) in [6.07, 6.45) is 1.80. The van der Waals surface area contributed by atoms with Crippen LogP contribution in [0.1, 0.15) is 5.56 Å². The fourth-order valence-corrected chi connectivity index (χ4v) is 1.63. The molecule has 0 atom stereocenters. The first kappa shape index (κ1) is 11.2. The minimum Gasteiger partial charge on any atom is -0.479 e. The second-order valence-electron chi connectivity index (χ2n) is 3.59. The van der Waals surface area contributed by atoms with Crippen LogP contribution in [-0.2, 0) is 20.7 Å². The Hall–Kier alpha value is -2.30. The molecule has 0 saturated heterocycles. The lowest BCUT2D eigenvalue weighted by atomic mass is 10.1. The van der Waals surface area contributed by atoms with E-state index in [0.29, 0.717) is 0 Å². The van der Waals surface area contributed by atoms with E-state index in [4.69, 9.17) is 5.11 Å². The zero-order valence-electron chi connectivity index (χ0n) is 8.97. The van der Waals surface area contributed by atoms with Crippen LogP contribution < -0.4 is 0 Å². The highest BCUT2D eigenvalue weighted by molar-refractivity contribution is 5.87. The Bertz CT molecular complexity index is 558. The number of aromatic nitrogens is 1. The number of nitrogens with one attached hydrogen (secondary N) is 1. The monoisotopic (exact) mass is 233 g/mol. The van der Waals surface area contributed by atoms with Gasteiger partial charge >= 0.3 is 11.9 Å². The van der Waals surface area contributed by atoms with Gasteiger partial charge in [-0.2, -0.15) is 0 Å². The van der Waals surface area contributed by atoms with E-state index in [0.717, 1.165) is 16.5 Å². The molecule has 0 aliphatic carbocycles. The Morgan fingerprint density at radius 3 is 2.82 bits per heavy atom. The van der Waals surface area contributed by atoms with Crippen molar-refractivity contribution in [3.8, 4) is 0 Å². The van der Waals surface area contributed by atoms with Gasteiger partial charge in [0.05, 0.1) is 6.42 Å². The zero-order valence-corrected chi connectivity index (χ0v) is 8.97. The quantitative estimate of drug-likeness (QED) is 0.781. The first-order valence-corrected chi connectivity index (χ1v) is 5.09. The number of benzene rings is 1. The molecule has 1 aromatic heterocycles. The second-order valence-corrected chi connectivity index (χ2v) is 3.59. The van der Waals surface area contributed by atoms with Crippen LogP contribution >= 0.6 is 0 Å². The molecule has 2 rings (SSSR count). The summed E-state index contributed by atoms with van der Waals surface area (Å²) < 4.78 is 4.57. The molecule has 2 aromatic rings. The van der Waals surface area contributed by atoms with E-state index in [-0.39, 0.29) is 6.42 Å². The number of para-hydroxylation sites is 1. The summed E-state index contributed by atoms with van der Waals surface area (Å²) in [6, 6.07) is 7.57. The first-order valence-electron chi connectivity index (χ1n) is 5.09. The summed E-state index contributed by atoms with van der Waals surface area (Å²) in [4.78, 5) is 24.6. The molecule has 5 nitrogen and oxygen atoms in total. The summed E-state index contributed by atoms with van der Waals surface area (Å²) in [5.74, 6) is -1.70. The number of fused-ring (bicyclic) bond motifs is 1. The molecule has 1 heterocycles. The van der Waals surface area contributed by atoms with Crippen molar-refractivity contribution in [2.24, 2.45) is 0 Å². The van der Waals surface area contributed by atoms with E-state index >= 15 is 0 Å². The first-order chi connectivity index (χ1) is 8.16. The largest absolute Gasteiger partial charge is 0.479 e. The van der Waals surface area contributed by atoms with Gasteiger partial charge in [-0.15, -0.1) is 0 Å². The van der Waals surface area contributed by atoms with Gasteiger partial charge in [-0.3, -0.25) is 4.79 Å². The summed E-state index contributed by atoms with van der Waals surface area (Å²) in [5.41, 5.74) is 1.74. The summed E-state index contributed by atoms with van der Waals surface area (Å²) >= 11 is 0. The van der Waals surface area contributed by atoms with E-state index in [2.05, 4.69) is 9.72 Å². The van der Waals surface area contributed by atoms with Gasteiger partial charge in [0.1, 0.15) is 0 Å². The van der Waals surface area contributed by atoms with Crippen LogP contribution in [0.25, 0.3) is 10.9 Å². The summed E-state index contributed by atoms with van der Waals surface area (Å²) in [6.45, 7) is -0.596. The Morgan fingerprint density at radius 2 is 2.06 bits per heavy atom. The van der Waals surface area contributed by atoms with E-state index in [1.165, 1.54) is 0 Å². The molecule has 0 amide bonds. The van der Waals surface area contributed by atoms with Crippen LogP contribution in [0.5, 0.6) is 0 Å². The number of carboxylic acid groups (broad SMARTS) is 1. The molecule has 0 fully saturated rings. The average Bonchev–Trinajstić information content (AvgIpc) is 2.70. The molecule has 88 valence electrons. The van der Waals surface area contributed by atoms with Gasteiger partial charge in [0, 0.05) is 17.1 Å². The smallest absolute Gasteiger partial charge is 0.341 e. The van der Waals surface area contributed by atoms with Crippen molar-refractivity contribution in [3.63, 3.8) is 0 Å². The molecule has 5 heteroatoms. The molecule has 0 radical (unpaired) electrons. The minimum atomic E-state index is -1.16. The number of aromatic amines is 1. The van der Waals surface area contributed by atoms with E-state index in [1.807, 2.05) is 24.3 Å². The van der Waals surface area contributed by atoms with Crippen LogP contribution in [0.2, 0.25) is 0 Å². The summed E-state index contributed by atoms with van der Waals surface area (Å²) in [5, 5.41) is 9.32. The van der Waals surface area contributed by atoms with Crippen LogP contribution in [0.15, 0.2) is 30.5 Å². The summed E-state index contributed by atoms with van der Waals surface area (Å²) in [7, 11) is 0. The number of ether oxygens (including phenoxy) is 1. The standard InChI is InChI=1S/C12H11NO4/c14-11(15)7-17-12(16)5-8-6-13-10-4-2-1-3-9(8)10/h1-4,6,13H,5,7H2,(H,14,15). The lowest BCUT2D eigenvalue weighted by molar-refractivity contribution is -0.154. The van der Waals surface area contributed by atoms with Crippen LogP contribution in [0.4, 0.5) is 0 Å². The fourth-order valence-electron chi connectivity index (χ4n) is 1.63. The fraction of sp³-hybridized carbons (Fsp3) is 0.167. The third kappa shape index (κ3) is 2.63. The third-order valence-corrected chi connectivity index (χ3v) is 2.37. The molecule has 0 aliphatic rings. The number of rotatable bonds is 4. The van der Waals surface area contributed by atoms with Gasteiger partial charge in [-0.05, 0) is 11.6 Å². The van der Waals surface area contributed by atoms with Crippen LogP contribution in [-0.4, -0.2) is 28.6 Å². The maximum absolute atomic E-state index is 11.4. The number of carboxylic acids is 1. The van der Waals surface area contributed by atoms with Crippen molar-refractivity contribution in [2.75, 3.05) is 6.61 Å². The molecule has 0 spiro atoms. The normalized spacial score (nSPS) is 10.4. The van der Waals surface area contributed by atoms with Gasteiger partial charge in [0.2, 0.25) is 0 Å². The van der Waals surface area contributed by atoms with E-state index in [9.17, 15) is 9.59 Å². The Labute approximate surface area is 97.0 Å². The Kier molecular flexibility index (Phi) is 3.09. The van der Waals surface area contributed by atoms with Gasteiger partial charge in [-0.25, -0.2) is 4.79 Å². The van der Waals surface area contributed by atoms with Crippen molar-refractivity contribution < 1.29 is 19.4 Å². The molecule has 0 saturated carbocycles. The predicted molar refractivity (Wildman–Crippen MR) is 60.6 cm³/mol. The van der Waals surface area contributed by atoms with Crippen molar-refractivity contribution in [1.82, 2.24) is 4.98 Å². The molecule has 0 aliphatic heterocycles. The van der Waals surface area contributed by atoms with Crippen LogP contribution in [0.3, 0.4) is 0 Å². The minimum absolute atomic E-state index is 0.0668. The Morgan fingerprint density at radius 1 is 1.29 bits per heavy atom. The number of hydrogen-bond acceptors (Lipinski definition) is 3. The maximum Gasteiger partial charge on any atom is 0.341 e. The van der Waals surface area contributed by atoms with Crippen LogP contribution in [0, 0.1) is 0 Å². The van der Waals surface area contributed by atoms with Crippen molar-refractivity contribution >= 4 is 22.8 Å². The number of esters is 1. The number of carbonyl (C=O) groups excluding carboxylic acids is 1. The number of carbonyl (C=O) groups is 2. The van der Waals surface area contributed by atoms with Crippen molar-refractivity contribution in [1.29, 1.82) is 0 Å². The predicted octanol–water partition coefficient (Wildman–Crippen LogP) is 1.34. The van der Waals surface area contributed by atoms with E-state index in [1.54, 1.807) is 6.20 Å². The van der Waals surface area contributed by atoms with Gasteiger partial charge in [0.15, 0.2) is 6.61 Å². The number of hydrogen-bond donors (Lipinski definition) is 2. The molecule has 1 aromatic carbocycles. The highest BCUT2D eigenvalue weighted by atomic mass is 16.5. The third-order valence-electron chi connectivity index (χ3n) is 2.37. The number of H-pyrrole nitrogens is 1. The molecule has 17 heavy (non-hydrogen) atoms. The Balaban J connectivity index is 2.08. The molecular formula is C12H11NO4. The molecular weight excluding hydrogens is 222 g/mol. The highest BCUT2D eigenvalue weighted by Crippen LogP contribution is 2.18. The van der Waals surface area contributed by atoms with Crippen molar-refractivity contribution in [3.05, 3.63) is 36.0 Å². The molecule has 2 N–H and O–H groups in total. The average molecular weight is 233 g/mol. The highest BCUT2D eigenvalue weighted by Gasteiger charge is 2.10. The van der Waals surface area contributed by atoms with Gasteiger partial charge < -0.3 is 14.8 Å². The zero-order chi connectivity index (χ0) is 12.3.